The summed E-state index contributed by atoms with van der Waals surface area (Å²) in [7, 11) is -3.06. The highest BCUT2D eigenvalue weighted by Gasteiger charge is 2.36. The molecule has 20 heavy (non-hydrogen) atoms. The highest BCUT2D eigenvalue weighted by molar-refractivity contribution is 7.89. The van der Waals surface area contributed by atoms with Gasteiger partial charge in [-0.05, 0) is 50.1 Å². The van der Waals surface area contributed by atoms with Crippen LogP contribution in [0.25, 0.3) is 0 Å². The van der Waals surface area contributed by atoms with Crippen LogP contribution in [0.3, 0.4) is 0 Å². The molecule has 0 aromatic rings. The van der Waals surface area contributed by atoms with E-state index < -0.39 is 10.0 Å². The van der Waals surface area contributed by atoms with Crippen LogP contribution in [-0.2, 0) is 10.0 Å². The summed E-state index contributed by atoms with van der Waals surface area (Å²) < 4.78 is 26.8. The van der Waals surface area contributed by atoms with Crippen molar-refractivity contribution in [2.45, 2.75) is 52.4 Å². The van der Waals surface area contributed by atoms with E-state index in [-0.39, 0.29) is 0 Å². The number of hydrogen-bond acceptors (Lipinski definition) is 3. The Balaban J connectivity index is 1.91. The van der Waals surface area contributed by atoms with Crippen LogP contribution in [0.5, 0.6) is 0 Å². The highest BCUT2D eigenvalue weighted by atomic mass is 32.2. The monoisotopic (exact) mass is 302 g/mol. The van der Waals surface area contributed by atoms with E-state index in [1.165, 1.54) is 12.8 Å². The van der Waals surface area contributed by atoms with Gasteiger partial charge in [0.15, 0.2) is 0 Å². The lowest BCUT2D eigenvalue weighted by Crippen LogP contribution is -2.45. The number of sulfonamides is 1. The lowest BCUT2D eigenvalue weighted by molar-refractivity contribution is 0.141. The number of hydrogen-bond donors (Lipinski definition) is 1. The Morgan fingerprint density at radius 3 is 2.35 bits per heavy atom. The summed E-state index contributed by atoms with van der Waals surface area (Å²) in [6, 6.07) is 0. The van der Waals surface area contributed by atoms with E-state index in [2.05, 4.69) is 19.2 Å². The van der Waals surface area contributed by atoms with Crippen molar-refractivity contribution in [2.75, 3.05) is 31.9 Å². The minimum absolute atomic E-state index is 0.304. The van der Waals surface area contributed by atoms with Crippen LogP contribution in [0.15, 0.2) is 0 Å². The molecule has 2 aliphatic rings. The van der Waals surface area contributed by atoms with Crippen molar-refractivity contribution in [1.29, 1.82) is 0 Å². The number of nitrogens with zero attached hydrogens (tertiary/aromatic N) is 1. The van der Waals surface area contributed by atoms with Crippen molar-refractivity contribution < 1.29 is 8.42 Å². The maximum atomic E-state index is 12.5. The first-order valence-electron chi connectivity index (χ1n) is 8.20. The summed E-state index contributed by atoms with van der Waals surface area (Å²) in [5, 5.41) is 3.31. The topological polar surface area (TPSA) is 49.4 Å². The molecule has 0 spiro atoms. The van der Waals surface area contributed by atoms with E-state index in [1.807, 2.05) is 0 Å². The quantitative estimate of drug-likeness (QED) is 0.847. The minimum atomic E-state index is -3.06. The second kappa shape index (κ2) is 6.75. The molecule has 2 rings (SSSR count). The number of nitrogens with one attached hydrogen (secondary N) is 1. The predicted molar refractivity (Wildman–Crippen MR) is 83.2 cm³/mol. The van der Waals surface area contributed by atoms with Crippen LogP contribution in [0.4, 0.5) is 0 Å². The Labute approximate surface area is 124 Å². The molecule has 4 nitrogen and oxygen atoms in total. The molecule has 0 saturated carbocycles. The van der Waals surface area contributed by atoms with E-state index in [4.69, 9.17) is 0 Å². The second-order valence-corrected chi connectivity index (χ2v) is 8.61. The van der Waals surface area contributed by atoms with E-state index in [0.717, 1.165) is 51.9 Å². The molecule has 2 saturated heterocycles. The number of rotatable bonds is 5. The fourth-order valence-electron chi connectivity index (χ4n) is 3.67. The molecule has 2 aliphatic heterocycles. The first-order chi connectivity index (χ1) is 9.51. The Hall–Kier alpha value is -0.130. The van der Waals surface area contributed by atoms with Crippen molar-refractivity contribution in [1.82, 2.24) is 9.62 Å². The largest absolute Gasteiger partial charge is 0.316 e. The molecular formula is C15H30N2O2S. The van der Waals surface area contributed by atoms with Gasteiger partial charge in [0.1, 0.15) is 0 Å². The van der Waals surface area contributed by atoms with Gasteiger partial charge in [0.2, 0.25) is 10.0 Å². The summed E-state index contributed by atoms with van der Waals surface area (Å²) in [5.41, 5.74) is 0.387. The normalized spacial score (nSPS) is 28.4. The predicted octanol–water partition coefficient (Wildman–Crippen LogP) is 2.22. The Bertz CT molecular complexity index is 388. The third-order valence-electron chi connectivity index (χ3n) is 5.52. The fraction of sp³-hybridized carbons (Fsp3) is 1.00. The summed E-state index contributed by atoms with van der Waals surface area (Å²) in [6.07, 6.45) is 6.56. The van der Waals surface area contributed by atoms with E-state index in [1.54, 1.807) is 4.31 Å². The summed E-state index contributed by atoms with van der Waals surface area (Å²) in [4.78, 5) is 0. The van der Waals surface area contributed by atoms with Crippen LogP contribution in [0.2, 0.25) is 0 Å². The van der Waals surface area contributed by atoms with Crippen LogP contribution in [-0.4, -0.2) is 44.7 Å². The molecule has 0 aliphatic carbocycles. The van der Waals surface area contributed by atoms with Crippen molar-refractivity contribution in [3.8, 4) is 0 Å². The molecule has 0 aromatic heterocycles. The third kappa shape index (κ3) is 3.74. The molecule has 118 valence electrons. The van der Waals surface area contributed by atoms with Gasteiger partial charge in [0.25, 0.3) is 0 Å². The molecular weight excluding hydrogens is 272 g/mol. The van der Waals surface area contributed by atoms with Gasteiger partial charge in [-0.25, -0.2) is 12.7 Å². The smallest absolute Gasteiger partial charge is 0.214 e. The molecule has 0 amide bonds. The maximum Gasteiger partial charge on any atom is 0.214 e. The zero-order chi connectivity index (χ0) is 14.6. The first kappa shape index (κ1) is 16.2. The summed E-state index contributed by atoms with van der Waals surface area (Å²) >= 11 is 0. The van der Waals surface area contributed by atoms with E-state index in [9.17, 15) is 8.42 Å². The van der Waals surface area contributed by atoms with Crippen molar-refractivity contribution in [3.05, 3.63) is 0 Å². The first-order valence-corrected chi connectivity index (χ1v) is 9.81. The van der Waals surface area contributed by atoms with Crippen molar-refractivity contribution in [2.24, 2.45) is 11.3 Å². The SMILES string of the molecule is CCC1(CC)CCN(S(=O)(=O)CC2CCCNC2)CC1. The average molecular weight is 302 g/mol. The fourth-order valence-corrected chi connectivity index (χ4v) is 5.50. The lowest BCUT2D eigenvalue weighted by Gasteiger charge is -2.40. The average Bonchev–Trinajstić information content (AvgIpc) is 2.48. The Morgan fingerprint density at radius 1 is 1.20 bits per heavy atom. The minimum Gasteiger partial charge on any atom is -0.316 e. The standard InChI is InChI=1S/C15H30N2O2S/c1-3-15(4-2)7-10-17(11-8-15)20(18,19)13-14-6-5-9-16-12-14/h14,16H,3-13H2,1-2H3. The van der Waals surface area contributed by atoms with E-state index in [0.29, 0.717) is 17.1 Å². The second-order valence-electron chi connectivity index (χ2n) is 6.60. The maximum absolute atomic E-state index is 12.5. The number of piperidine rings is 2. The molecule has 2 heterocycles. The molecule has 0 bridgehead atoms. The van der Waals surface area contributed by atoms with Gasteiger partial charge in [0.05, 0.1) is 5.75 Å². The van der Waals surface area contributed by atoms with Gasteiger partial charge < -0.3 is 5.32 Å². The van der Waals surface area contributed by atoms with Gasteiger partial charge in [0, 0.05) is 13.1 Å². The zero-order valence-electron chi connectivity index (χ0n) is 13.0. The van der Waals surface area contributed by atoms with Gasteiger partial charge in [-0.3, -0.25) is 0 Å². The molecule has 1 atom stereocenters. The van der Waals surface area contributed by atoms with Crippen molar-refractivity contribution in [3.63, 3.8) is 0 Å². The highest BCUT2D eigenvalue weighted by Crippen LogP contribution is 2.38. The lowest BCUT2D eigenvalue weighted by atomic mass is 9.75. The van der Waals surface area contributed by atoms with Crippen LogP contribution >= 0.6 is 0 Å². The third-order valence-corrected chi connectivity index (χ3v) is 7.57. The summed E-state index contributed by atoms with van der Waals surface area (Å²) in [5.74, 6) is 0.642. The van der Waals surface area contributed by atoms with E-state index >= 15 is 0 Å². The molecule has 1 N–H and O–H groups in total. The van der Waals surface area contributed by atoms with Crippen LogP contribution in [0.1, 0.15) is 52.4 Å². The van der Waals surface area contributed by atoms with Gasteiger partial charge in [-0.15, -0.1) is 0 Å². The van der Waals surface area contributed by atoms with Crippen LogP contribution < -0.4 is 5.32 Å². The van der Waals surface area contributed by atoms with Gasteiger partial charge >= 0.3 is 0 Å². The molecule has 2 fully saturated rings. The van der Waals surface area contributed by atoms with Gasteiger partial charge in [-0.1, -0.05) is 26.7 Å². The molecule has 0 radical (unpaired) electrons. The summed E-state index contributed by atoms with van der Waals surface area (Å²) in [6.45, 7) is 7.83. The molecule has 5 heteroatoms. The van der Waals surface area contributed by atoms with Gasteiger partial charge in [-0.2, -0.15) is 0 Å². The Morgan fingerprint density at radius 2 is 1.85 bits per heavy atom. The molecule has 0 aromatic carbocycles. The molecule has 1 unspecified atom stereocenters. The Kier molecular flexibility index (Phi) is 5.49. The van der Waals surface area contributed by atoms with Crippen molar-refractivity contribution >= 4 is 10.0 Å². The zero-order valence-corrected chi connectivity index (χ0v) is 13.8. The van der Waals surface area contributed by atoms with Crippen LogP contribution in [0, 0.1) is 11.3 Å².